The summed E-state index contributed by atoms with van der Waals surface area (Å²) in [5.41, 5.74) is 0. The molecule has 0 spiro atoms. The van der Waals surface area contributed by atoms with Crippen LogP contribution < -0.4 is 0 Å². The summed E-state index contributed by atoms with van der Waals surface area (Å²) in [5.74, 6) is 0. The van der Waals surface area contributed by atoms with Crippen molar-refractivity contribution in [3.05, 3.63) is 24.3 Å². The summed E-state index contributed by atoms with van der Waals surface area (Å²) < 4.78 is 12.1. The summed E-state index contributed by atoms with van der Waals surface area (Å²) in [4.78, 5) is 2.54. The van der Waals surface area contributed by atoms with Gasteiger partial charge in [0.25, 0.3) is 0 Å². The Morgan fingerprint density at radius 3 is 1.54 bits per heavy atom. The molecule has 0 N–H and O–H groups in total. The molecule has 3 heteroatoms. The smallest absolute Gasteiger partial charge is 0.0644 e. The molecule has 1 aliphatic heterocycles. The van der Waals surface area contributed by atoms with E-state index in [1.54, 1.807) is 0 Å². The first-order valence-electron chi connectivity index (χ1n) is 15.6. The number of hydrogen-bond acceptors (Lipinski definition) is 3. The van der Waals surface area contributed by atoms with Crippen LogP contribution >= 0.6 is 0 Å². The van der Waals surface area contributed by atoms with Crippen LogP contribution in [0.15, 0.2) is 24.3 Å². The molecule has 1 rings (SSSR count). The van der Waals surface area contributed by atoms with Crippen molar-refractivity contribution in [1.82, 2.24) is 4.90 Å². The Hall–Kier alpha value is -0.640. The highest BCUT2D eigenvalue weighted by molar-refractivity contribution is 4.92. The fraction of sp³-hybridized carbons (Fsp3) is 0.875. The monoisotopic (exact) mass is 491 g/mol. The normalized spacial score (nSPS) is 15.4. The minimum absolute atomic E-state index is 0.466. The second-order valence-electron chi connectivity index (χ2n) is 10.5. The van der Waals surface area contributed by atoms with Crippen LogP contribution in [0.2, 0.25) is 0 Å². The van der Waals surface area contributed by atoms with Gasteiger partial charge in [-0.25, -0.2) is 0 Å². The van der Waals surface area contributed by atoms with Crippen LogP contribution in [-0.4, -0.2) is 50.5 Å². The fourth-order valence-electron chi connectivity index (χ4n) is 4.58. The predicted molar refractivity (Wildman–Crippen MR) is 154 cm³/mol. The van der Waals surface area contributed by atoms with Crippen molar-refractivity contribution in [3.63, 3.8) is 0 Å². The molecule has 1 heterocycles. The third-order valence-corrected chi connectivity index (χ3v) is 7.16. The topological polar surface area (TPSA) is 21.7 Å². The molecule has 1 aliphatic rings. The van der Waals surface area contributed by atoms with Crippen LogP contribution in [0.3, 0.4) is 0 Å². The summed E-state index contributed by atoms with van der Waals surface area (Å²) in [6, 6.07) is 0.466. The zero-order valence-corrected chi connectivity index (χ0v) is 23.8. The maximum atomic E-state index is 6.06. The average Bonchev–Trinajstić information content (AvgIpc) is 2.83. The SMILES string of the molecule is CCCCC/C=C\C/C=C\CCCCCCCCOCC(COCCCCCCCC)N1CCC1. The molecule has 0 radical (unpaired) electrons. The molecule has 0 aromatic carbocycles. The van der Waals surface area contributed by atoms with Gasteiger partial charge < -0.3 is 9.47 Å². The third kappa shape index (κ3) is 21.2. The molecule has 35 heavy (non-hydrogen) atoms. The van der Waals surface area contributed by atoms with E-state index in [0.29, 0.717) is 6.04 Å². The van der Waals surface area contributed by atoms with Gasteiger partial charge >= 0.3 is 0 Å². The van der Waals surface area contributed by atoms with Crippen molar-refractivity contribution in [2.45, 2.75) is 142 Å². The first-order chi connectivity index (χ1) is 17.4. The van der Waals surface area contributed by atoms with Gasteiger partial charge in [-0.2, -0.15) is 0 Å². The number of unbranched alkanes of at least 4 members (excludes halogenated alkanes) is 14. The standard InChI is InChI=1S/C32H61NO2/c1-3-5-7-9-11-12-13-14-15-16-17-18-19-20-22-24-29-35-31-32(33-26-25-27-33)30-34-28-23-21-10-8-6-4-2/h11-12,14-15,32H,3-10,13,16-31H2,1-2H3/b12-11-,15-14-. The van der Waals surface area contributed by atoms with Crippen LogP contribution in [0.1, 0.15) is 136 Å². The molecule has 1 fully saturated rings. The van der Waals surface area contributed by atoms with Crippen molar-refractivity contribution in [2.24, 2.45) is 0 Å². The lowest BCUT2D eigenvalue weighted by Crippen LogP contribution is -2.49. The van der Waals surface area contributed by atoms with E-state index in [4.69, 9.17) is 9.47 Å². The largest absolute Gasteiger partial charge is 0.380 e. The highest BCUT2D eigenvalue weighted by atomic mass is 16.5. The van der Waals surface area contributed by atoms with E-state index >= 15 is 0 Å². The molecule has 0 bridgehead atoms. The summed E-state index contributed by atoms with van der Waals surface area (Å²) in [7, 11) is 0. The number of allylic oxidation sites excluding steroid dienone is 4. The highest BCUT2D eigenvalue weighted by Gasteiger charge is 2.24. The first kappa shape index (κ1) is 32.4. The van der Waals surface area contributed by atoms with E-state index in [1.165, 1.54) is 129 Å². The number of hydrogen-bond donors (Lipinski definition) is 0. The molecule has 0 aromatic heterocycles. The van der Waals surface area contributed by atoms with Gasteiger partial charge in [-0.3, -0.25) is 4.90 Å². The number of rotatable bonds is 27. The highest BCUT2D eigenvalue weighted by Crippen LogP contribution is 2.14. The molecule has 1 atom stereocenters. The zero-order chi connectivity index (χ0) is 25.1. The number of nitrogens with zero attached hydrogens (tertiary/aromatic N) is 1. The van der Waals surface area contributed by atoms with E-state index in [9.17, 15) is 0 Å². The van der Waals surface area contributed by atoms with Gasteiger partial charge in [-0.1, -0.05) is 109 Å². The van der Waals surface area contributed by atoms with Gasteiger partial charge in [-0.05, 0) is 64.5 Å². The summed E-state index contributed by atoms with van der Waals surface area (Å²) in [6.45, 7) is 10.5. The Balaban J connectivity index is 1.88. The fourth-order valence-corrected chi connectivity index (χ4v) is 4.58. The molecule has 1 unspecified atom stereocenters. The van der Waals surface area contributed by atoms with Gasteiger partial charge in [0, 0.05) is 13.2 Å². The Morgan fingerprint density at radius 1 is 0.571 bits per heavy atom. The van der Waals surface area contributed by atoms with Crippen LogP contribution in [0.4, 0.5) is 0 Å². The van der Waals surface area contributed by atoms with Crippen LogP contribution in [-0.2, 0) is 9.47 Å². The molecule has 206 valence electrons. The lowest BCUT2D eigenvalue weighted by molar-refractivity contribution is -0.0187. The van der Waals surface area contributed by atoms with Crippen LogP contribution in [0, 0.1) is 0 Å². The van der Waals surface area contributed by atoms with Crippen molar-refractivity contribution in [3.8, 4) is 0 Å². The second-order valence-corrected chi connectivity index (χ2v) is 10.5. The lowest BCUT2D eigenvalue weighted by atomic mass is 10.1. The van der Waals surface area contributed by atoms with E-state index in [2.05, 4.69) is 43.1 Å². The van der Waals surface area contributed by atoms with Crippen molar-refractivity contribution in [1.29, 1.82) is 0 Å². The molecule has 0 aliphatic carbocycles. The van der Waals surface area contributed by atoms with E-state index < -0.39 is 0 Å². The molecular formula is C32H61NO2. The van der Waals surface area contributed by atoms with Gasteiger partial charge in [0.05, 0.1) is 19.3 Å². The third-order valence-electron chi connectivity index (χ3n) is 7.16. The molecule has 1 saturated heterocycles. The predicted octanol–water partition coefficient (Wildman–Crippen LogP) is 9.27. The minimum atomic E-state index is 0.466. The molecular weight excluding hydrogens is 430 g/mol. The van der Waals surface area contributed by atoms with Gasteiger partial charge in [-0.15, -0.1) is 0 Å². The quantitative estimate of drug-likeness (QED) is 0.0844. The second kappa shape index (κ2) is 26.4. The minimum Gasteiger partial charge on any atom is -0.380 e. The maximum Gasteiger partial charge on any atom is 0.0644 e. The van der Waals surface area contributed by atoms with Crippen molar-refractivity contribution < 1.29 is 9.47 Å². The van der Waals surface area contributed by atoms with E-state index in [-0.39, 0.29) is 0 Å². The van der Waals surface area contributed by atoms with Crippen LogP contribution in [0.5, 0.6) is 0 Å². The Morgan fingerprint density at radius 2 is 1.03 bits per heavy atom. The van der Waals surface area contributed by atoms with Crippen molar-refractivity contribution >= 4 is 0 Å². The zero-order valence-electron chi connectivity index (χ0n) is 23.8. The Labute approximate surface area is 220 Å². The first-order valence-corrected chi connectivity index (χ1v) is 15.6. The maximum absolute atomic E-state index is 6.06. The van der Waals surface area contributed by atoms with Crippen LogP contribution in [0.25, 0.3) is 0 Å². The van der Waals surface area contributed by atoms with Crippen molar-refractivity contribution in [2.75, 3.05) is 39.5 Å². The van der Waals surface area contributed by atoms with Gasteiger partial charge in [0.1, 0.15) is 0 Å². The summed E-state index contributed by atoms with van der Waals surface area (Å²) in [5, 5.41) is 0. The molecule has 0 amide bonds. The molecule has 0 saturated carbocycles. The number of ether oxygens (including phenoxy) is 2. The average molecular weight is 492 g/mol. The summed E-state index contributed by atoms with van der Waals surface area (Å²) in [6.07, 6.45) is 34.2. The number of likely N-dealkylation sites (tertiary alicyclic amines) is 1. The Bertz CT molecular complexity index is 472. The summed E-state index contributed by atoms with van der Waals surface area (Å²) >= 11 is 0. The van der Waals surface area contributed by atoms with E-state index in [0.717, 1.165) is 32.8 Å². The van der Waals surface area contributed by atoms with Gasteiger partial charge in [0.2, 0.25) is 0 Å². The van der Waals surface area contributed by atoms with Gasteiger partial charge in [0.15, 0.2) is 0 Å². The lowest BCUT2D eigenvalue weighted by Gasteiger charge is -2.38. The molecule has 0 aromatic rings. The Kier molecular flexibility index (Phi) is 24.5. The van der Waals surface area contributed by atoms with E-state index in [1.807, 2.05) is 0 Å². The molecule has 3 nitrogen and oxygen atoms in total.